The summed E-state index contributed by atoms with van der Waals surface area (Å²) in [5.41, 5.74) is 0.478. The number of hydrogen-bond donors (Lipinski definition) is 1. The van der Waals surface area contributed by atoms with Gasteiger partial charge in [-0.15, -0.1) is 10.2 Å². The molecule has 1 aromatic carbocycles. The number of amides is 1. The van der Waals surface area contributed by atoms with Crippen molar-refractivity contribution in [2.45, 2.75) is 37.7 Å². The van der Waals surface area contributed by atoms with Crippen LogP contribution in [0.4, 0.5) is 5.69 Å². The van der Waals surface area contributed by atoms with Gasteiger partial charge in [0.25, 0.3) is 0 Å². The van der Waals surface area contributed by atoms with E-state index in [9.17, 15) is 4.79 Å². The number of benzene rings is 1. The smallest absolute Gasteiger partial charge is 0.237 e. The molecule has 0 radical (unpaired) electrons. The number of hydrogen-bond acceptors (Lipinski definition) is 5. The lowest BCUT2D eigenvalue weighted by Gasteiger charge is -2.15. The van der Waals surface area contributed by atoms with Crippen LogP contribution in [0.1, 0.15) is 20.8 Å². The maximum Gasteiger partial charge on any atom is 0.237 e. The molecule has 148 valence electrons. The molecule has 28 heavy (non-hydrogen) atoms. The van der Waals surface area contributed by atoms with Crippen molar-refractivity contribution in [1.82, 2.24) is 14.8 Å². The van der Waals surface area contributed by atoms with E-state index in [1.165, 1.54) is 11.8 Å². The van der Waals surface area contributed by atoms with E-state index in [2.05, 4.69) is 29.4 Å². The molecule has 2 aromatic heterocycles. The number of furan rings is 1. The molecule has 0 spiro atoms. The first-order valence-corrected chi connectivity index (χ1v) is 10.4. The Labute approximate surface area is 177 Å². The quantitative estimate of drug-likeness (QED) is 0.484. The van der Waals surface area contributed by atoms with Crippen molar-refractivity contribution < 1.29 is 9.21 Å². The van der Waals surface area contributed by atoms with Gasteiger partial charge in [0.2, 0.25) is 5.91 Å². The number of carbonyl (C=O) groups is 1. The van der Waals surface area contributed by atoms with E-state index >= 15 is 0 Å². The lowest BCUT2D eigenvalue weighted by molar-refractivity contribution is -0.115. The molecule has 1 unspecified atom stereocenters. The van der Waals surface area contributed by atoms with Gasteiger partial charge in [-0.1, -0.05) is 48.8 Å². The van der Waals surface area contributed by atoms with Crippen LogP contribution >= 0.6 is 35.0 Å². The van der Waals surface area contributed by atoms with Crippen molar-refractivity contribution >= 4 is 46.6 Å². The van der Waals surface area contributed by atoms with Gasteiger partial charge in [-0.3, -0.25) is 9.36 Å². The molecule has 2 heterocycles. The molecule has 0 bridgehead atoms. The molecule has 6 nitrogen and oxygen atoms in total. The van der Waals surface area contributed by atoms with Crippen LogP contribution in [-0.4, -0.2) is 25.9 Å². The average Bonchev–Trinajstić information content (AvgIpc) is 3.28. The van der Waals surface area contributed by atoms with E-state index in [0.29, 0.717) is 44.9 Å². The maximum atomic E-state index is 12.6. The van der Waals surface area contributed by atoms with Gasteiger partial charge in [-0.2, -0.15) is 0 Å². The first kappa shape index (κ1) is 20.8. The molecule has 3 aromatic rings. The van der Waals surface area contributed by atoms with Crippen LogP contribution in [-0.2, 0) is 11.3 Å². The Kier molecular flexibility index (Phi) is 6.69. The highest BCUT2D eigenvalue weighted by Crippen LogP contribution is 2.30. The molecular formula is C19H20Cl2N4O2S. The zero-order chi connectivity index (χ0) is 20.3. The minimum Gasteiger partial charge on any atom is -0.461 e. The molecule has 0 saturated heterocycles. The molecule has 0 fully saturated rings. The predicted molar refractivity (Wildman–Crippen MR) is 113 cm³/mol. The highest BCUT2D eigenvalue weighted by molar-refractivity contribution is 8.00. The second-order valence-corrected chi connectivity index (χ2v) is 8.81. The van der Waals surface area contributed by atoms with E-state index < -0.39 is 5.25 Å². The number of nitrogens with zero attached hydrogens (tertiary/aromatic N) is 3. The van der Waals surface area contributed by atoms with E-state index in [1.807, 2.05) is 10.6 Å². The minimum absolute atomic E-state index is 0.201. The second kappa shape index (κ2) is 9.03. The Morgan fingerprint density at radius 1 is 1.25 bits per heavy atom. The minimum atomic E-state index is -0.422. The molecule has 1 atom stereocenters. The normalized spacial score (nSPS) is 12.4. The Morgan fingerprint density at radius 3 is 2.71 bits per heavy atom. The number of nitrogens with one attached hydrogen (secondary N) is 1. The second-order valence-electron chi connectivity index (χ2n) is 6.66. The van der Waals surface area contributed by atoms with Gasteiger partial charge in [0.1, 0.15) is 0 Å². The van der Waals surface area contributed by atoms with Crippen LogP contribution in [0.25, 0.3) is 11.6 Å². The average molecular weight is 439 g/mol. The molecule has 0 saturated carbocycles. The fourth-order valence-electron chi connectivity index (χ4n) is 2.53. The number of halogens is 2. The van der Waals surface area contributed by atoms with Gasteiger partial charge in [-0.25, -0.2) is 0 Å². The summed E-state index contributed by atoms with van der Waals surface area (Å²) in [5.74, 6) is 1.46. The fraction of sp³-hybridized carbons (Fsp3) is 0.316. The van der Waals surface area contributed by atoms with Crippen LogP contribution in [0, 0.1) is 5.92 Å². The zero-order valence-electron chi connectivity index (χ0n) is 15.6. The standard InChI is InChI=1S/C19H20Cl2N4O2S/c1-11(2)10-25-17(16-5-4-8-27-16)23-24-19(25)28-12(3)18(26)22-15-9-13(20)6-7-14(15)21/h4-9,11-12H,10H2,1-3H3,(H,22,26). The van der Waals surface area contributed by atoms with Crippen LogP contribution in [0.15, 0.2) is 46.2 Å². The van der Waals surface area contributed by atoms with E-state index in [4.69, 9.17) is 27.6 Å². The van der Waals surface area contributed by atoms with Crippen molar-refractivity contribution in [3.63, 3.8) is 0 Å². The summed E-state index contributed by atoms with van der Waals surface area (Å²) in [4.78, 5) is 12.6. The van der Waals surface area contributed by atoms with Gasteiger partial charge in [0.15, 0.2) is 16.7 Å². The highest BCUT2D eigenvalue weighted by atomic mass is 35.5. The van der Waals surface area contributed by atoms with Gasteiger partial charge < -0.3 is 9.73 Å². The summed E-state index contributed by atoms with van der Waals surface area (Å²) in [7, 11) is 0. The topological polar surface area (TPSA) is 73.0 Å². The van der Waals surface area contributed by atoms with Crippen LogP contribution in [0.5, 0.6) is 0 Å². The van der Waals surface area contributed by atoms with Crippen LogP contribution in [0.3, 0.4) is 0 Å². The first-order valence-electron chi connectivity index (χ1n) is 8.74. The molecule has 0 aliphatic carbocycles. The van der Waals surface area contributed by atoms with Crippen molar-refractivity contribution in [3.05, 3.63) is 46.6 Å². The van der Waals surface area contributed by atoms with E-state index in [0.717, 1.165) is 0 Å². The predicted octanol–water partition coefficient (Wildman–Crippen LogP) is 5.62. The van der Waals surface area contributed by atoms with Crippen LogP contribution in [0.2, 0.25) is 10.0 Å². The molecule has 9 heteroatoms. The number of anilines is 1. The van der Waals surface area contributed by atoms with Gasteiger partial charge in [-0.05, 0) is 43.2 Å². The number of carbonyl (C=O) groups excluding carboxylic acids is 1. The zero-order valence-corrected chi connectivity index (χ0v) is 18.0. The molecular weight excluding hydrogens is 419 g/mol. The molecule has 0 aliphatic rings. The monoisotopic (exact) mass is 438 g/mol. The third-order valence-corrected chi connectivity index (χ3v) is 5.49. The van der Waals surface area contributed by atoms with Crippen molar-refractivity contribution in [2.24, 2.45) is 5.92 Å². The lowest BCUT2D eigenvalue weighted by atomic mass is 10.2. The summed E-state index contributed by atoms with van der Waals surface area (Å²) in [6.45, 7) is 6.73. The summed E-state index contributed by atoms with van der Waals surface area (Å²) < 4.78 is 7.45. The van der Waals surface area contributed by atoms with Crippen LogP contribution < -0.4 is 5.32 Å². The Bertz CT molecular complexity index is 957. The SMILES string of the molecule is CC(C)Cn1c(SC(C)C(=O)Nc2cc(Cl)ccc2Cl)nnc1-c1ccco1. The van der Waals surface area contributed by atoms with Crippen molar-refractivity contribution in [2.75, 3.05) is 5.32 Å². The van der Waals surface area contributed by atoms with Gasteiger partial charge in [0, 0.05) is 11.6 Å². The summed E-state index contributed by atoms with van der Waals surface area (Å²) in [6.07, 6.45) is 1.60. The third kappa shape index (κ3) is 4.90. The number of rotatable bonds is 7. The fourth-order valence-corrected chi connectivity index (χ4v) is 3.73. The maximum absolute atomic E-state index is 12.6. The number of thioether (sulfide) groups is 1. The van der Waals surface area contributed by atoms with E-state index in [1.54, 1.807) is 37.5 Å². The molecule has 3 rings (SSSR count). The molecule has 1 amide bonds. The first-order chi connectivity index (χ1) is 13.3. The Balaban J connectivity index is 1.78. The largest absolute Gasteiger partial charge is 0.461 e. The number of aromatic nitrogens is 3. The highest BCUT2D eigenvalue weighted by Gasteiger charge is 2.22. The molecule has 1 N–H and O–H groups in total. The van der Waals surface area contributed by atoms with E-state index in [-0.39, 0.29) is 5.91 Å². The Morgan fingerprint density at radius 2 is 2.04 bits per heavy atom. The van der Waals surface area contributed by atoms with Crippen molar-refractivity contribution in [1.29, 1.82) is 0 Å². The lowest BCUT2D eigenvalue weighted by Crippen LogP contribution is -2.23. The summed E-state index contributed by atoms with van der Waals surface area (Å²) in [5, 5.41) is 12.5. The summed E-state index contributed by atoms with van der Waals surface area (Å²) in [6, 6.07) is 8.58. The van der Waals surface area contributed by atoms with Gasteiger partial charge >= 0.3 is 0 Å². The molecule has 0 aliphatic heterocycles. The Hall–Kier alpha value is -1.96. The summed E-state index contributed by atoms with van der Waals surface area (Å²) >= 11 is 13.4. The van der Waals surface area contributed by atoms with Crippen molar-refractivity contribution in [3.8, 4) is 11.6 Å². The van der Waals surface area contributed by atoms with Gasteiger partial charge in [0.05, 0.1) is 22.2 Å². The third-order valence-electron chi connectivity index (χ3n) is 3.84.